The number of aromatic nitrogens is 1. The summed E-state index contributed by atoms with van der Waals surface area (Å²) in [4.78, 5) is 6.33. The highest BCUT2D eigenvalue weighted by molar-refractivity contribution is 7.11. The Morgan fingerprint density at radius 2 is 2.18 bits per heavy atom. The van der Waals surface area contributed by atoms with Crippen LogP contribution in [0.2, 0.25) is 0 Å². The minimum absolute atomic E-state index is 0.751. The average molecular weight is 252 g/mol. The van der Waals surface area contributed by atoms with E-state index in [1.807, 2.05) is 18.4 Å². The Morgan fingerprint density at radius 3 is 2.76 bits per heavy atom. The van der Waals surface area contributed by atoms with Crippen molar-refractivity contribution >= 4 is 11.3 Å². The summed E-state index contributed by atoms with van der Waals surface area (Å²) in [6.07, 6.45) is 6.53. The molecule has 0 radical (unpaired) electrons. The van der Waals surface area contributed by atoms with E-state index in [4.69, 9.17) is 4.98 Å². The monoisotopic (exact) mass is 252 g/mol. The summed E-state index contributed by atoms with van der Waals surface area (Å²) in [5.41, 5.74) is 1.32. The van der Waals surface area contributed by atoms with E-state index in [-0.39, 0.29) is 0 Å². The summed E-state index contributed by atoms with van der Waals surface area (Å²) < 4.78 is 0. The number of thiazole rings is 1. The van der Waals surface area contributed by atoms with Gasteiger partial charge in [0, 0.05) is 17.3 Å². The SMILES string of the molecule is CCc1nc(C2CCC(CC)C2)sc1CNC. The molecule has 0 amide bonds. The molecule has 1 saturated carbocycles. The molecule has 2 unspecified atom stereocenters. The van der Waals surface area contributed by atoms with Crippen LogP contribution in [0.5, 0.6) is 0 Å². The minimum atomic E-state index is 0.751. The van der Waals surface area contributed by atoms with Gasteiger partial charge < -0.3 is 5.32 Å². The van der Waals surface area contributed by atoms with Crippen LogP contribution in [0.25, 0.3) is 0 Å². The lowest BCUT2D eigenvalue weighted by Crippen LogP contribution is -2.05. The molecular formula is C14H24N2S. The Kier molecular flexibility index (Phi) is 4.57. The molecule has 96 valence electrons. The van der Waals surface area contributed by atoms with E-state index >= 15 is 0 Å². The maximum absolute atomic E-state index is 4.88. The van der Waals surface area contributed by atoms with E-state index < -0.39 is 0 Å². The fraction of sp³-hybridized carbons (Fsp3) is 0.786. The molecule has 1 aromatic heterocycles. The lowest BCUT2D eigenvalue weighted by molar-refractivity contribution is 0.521. The van der Waals surface area contributed by atoms with Gasteiger partial charge in [0.15, 0.2) is 0 Å². The molecule has 1 fully saturated rings. The van der Waals surface area contributed by atoms with Gasteiger partial charge in [-0.15, -0.1) is 11.3 Å². The van der Waals surface area contributed by atoms with Gasteiger partial charge in [-0.3, -0.25) is 0 Å². The standard InChI is InChI=1S/C14H24N2S/c1-4-10-6-7-11(8-10)14-16-12(5-2)13(17-14)9-15-3/h10-11,15H,4-9H2,1-3H3. The predicted molar refractivity (Wildman–Crippen MR) is 74.6 cm³/mol. The number of rotatable bonds is 5. The zero-order valence-corrected chi connectivity index (χ0v) is 12.1. The Morgan fingerprint density at radius 1 is 1.35 bits per heavy atom. The van der Waals surface area contributed by atoms with Crippen LogP contribution >= 0.6 is 11.3 Å². The van der Waals surface area contributed by atoms with Crippen molar-refractivity contribution in [3.8, 4) is 0 Å². The Labute approximate surface area is 109 Å². The summed E-state index contributed by atoms with van der Waals surface area (Å²) >= 11 is 1.94. The van der Waals surface area contributed by atoms with Gasteiger partial charge in [-0.25, -0.2) is 4.98 Å². The fourth-order valence-electron chi connectivity index (χ4n) is 2.82. The zero-order chi connectivity index (χ0) is 12.3. The molecule has 1 N–H and O–H groups in total. The first kappa shape index (κ1) is 13.0. The van der Waals surface area contributed by atoms with E-state index in [9.17, 15) is 0 Å². The van der Waals surface area contributed by atoms with Gasteiger partial charge in [0.25, 0.3) is 0 Å². The molecule has 0 aliphatic heterocycles. The van der Waals surface area contributed by atoms with E-state index in [2.05, 4.69) is 19.2 Å². The molecule has 0 aromatic carbocycles. The quantitative estimate of drug-likeness (QED) is 0.864. The third-order valence-electron chi connectivity index (χ3n) is 3.93. The van der Waals surface area contributed by atoms with Gasteiger partial charge in [-0.2, -0.15) is 0 Å². The second kappa shape index (κ2) is 5.96. The summed E-state index contributed by atoms with van der Waals surface area (Å²) in [7, 11) is 2.02. The van der Waals surface area contributed by atoms with Crippen LogP contribution < -0.4 is 5.32 Å². The third-order valence-corrected chi connectivity index (χ3v) is 5.19. The Hall–Kier alpha value is -0.410. The highest BCUT2D eigenvalue weighted by Gasteiger charge is 2.27. The Bertz CT molecular complexity index is 359. The lowest BCUT2D eigenvalue weighted by atomic mass is 10.0. The number of nitrogens with one attached hydrogen (secondary N) is 1. The molecule has 2 nitrogen and oxygen atoms in total. The maximum atomic E-state index is 4.88. The average Bonchev–Trinajstić information content (AvgIpc) is 2.94. The molecule has 1 heterocycles. The molecule has 17 heavy (non-hydrogen) atoms. The largest absolute Gasteiger partial charge is 0.315 e. The molecule has 0 bridgehead atoms. The van der Waals surface area contributed by atoms with Gasteiger partial charge in [0.2, 0.25) is 0 Å². The van der Waals surface area contributed by atoms with Crippen LogP contribution in [-0.4, -0.2) is 12.0 Å². The number of hydrogen-bond donors (Lipinski definition) is 1. The van der Waals surface area contributed by atoms with Crippen LogP contribution in [0, 0.1) is 5.92 Å². The maximum Gasteiger partial charge on any atom is 0.0962 e. The van der Waals surface area contributed by atoms with Gasteiger partial charge in [-0.1, -0.05) is 20.3 Å². The van der Waals surface area contributed by atoms with Crippen molar-refractivity contribution in [1.82, 2.24) is 10.3 Å². The second-order valence-corrected chi connectivity index (χ2v) is 6.21. The van der Waals surface area contributed by atoms with Crippen LogP contribution in [0.4, 0.5) is 0 Å². The van der Waals surface area contributed by atoms with Crippen LogP contribution in [0.3, 0.4) is 0 Å². The van der Waals surface area contributed by atoms with Crippen molar-refractivity contribution in [2.45, 2.75) is 58.4 Å². The summed E-state index contributed by atoms with van der Waals surface area (Å²) in [6.45, 7) is 5.51. The van der Waals surface area contributed by atoms with Crippen molar-refractivity contribution in [1.29, 1.82) is 0 Å². The van der Waals surface area contributed by atoms with Crippen molar-refractivity contribution in [2.75, 3.05) is 7.05 Å². The van der Waals surface area contributed by atoms with Crippen molar-refractivity contribution in [3.63, 3.8) is 0 Å². The topological polar surface area (TPSA) is 24.9 Å². The van der Waals surface area contributed by atoms with Crippen LogP contribution in [-0.2, 0) is 13.0 Å². The molecule has 1 aliphatic rings. The number of nitrogens with zero attached hydrogens (tertiary/aromatic N) is 1. The highest BCUT2D eigenvalue weighted by atomic mass is 32.1. The summed E-state index contributed by atoms with van der Waals surface area (Å²) in [5, 5.41) is 4.66. The first-order valence-electron chi connectivity index (χ1n) is 6.91. The lowest BCUT2D eigenvalue weighted by Gasteiger charge is -2.06. The van der Waals surface area contributed by atoms with Gasteiger partial charge >= 0.3 is 0 Å². The zero-order valence-electron chi connectivity index (χ0n) is 11.3. The van der Waals surface area contributed by atoms with Crippen molar-refractivity contribution in [2.24, 2.45) is 5.92 Å². The van der Waals surface area contributed by atoms with Gasteiger partial charge in [0.05, 0.1) is 10.7 Å². The first-order chi connectivity index (χ1) is 8.28. The highest BCUT2D eigenvalue weighted by Crippen LogP contribution is 2.41. The summed E-state index contributed by atoms with van der Waals surface area (Å²) in [5.74, 6) is 1.70. The molecule has 0 saturated heterocycles. The molecular weight excluding hydrogens is 228 g/mol. The first-order valence-corrected chi connectivity index (χ1v) is 7.73. The molecule has 1 aromatic rings. The molecule has 3 heteroatoms. The molecule has 0 spiro atoms. The second-order valence-electron chi connectivity index (χ2n) is 5.09. The van der Waals surface area contributed by atoms with Crippen molar-refractivity contribution in [3.05, 3.63) is 15.6 Å². The van der Waals surface area contributed by atoms with Crippen LogP contribution in [0.15, 0.2) is 0 Å². The third kappa shape index (κ3) is 2.89. The van der Waals surface area contributed by atoms with Gasteiger partial charge in [0.1, 0.15) is 0 Å². The Balaban J connectivity index is 2.11. The normalized spacial score (nSPS) is 24.4. The molecule has 1 aliphatic carbocycles. The van der Waals surface area contributed by atoms with Crippen molar-refractivity contribution < 1.29 is 0 Å². The molecule has 2 atom stereocenters. The van der Waals surface area contributed by atoms with E-state index in [0.29, 0.717) is 0 Å². The number of aryl methyl sites for hydroxylation is 1. The smallest absolute Gasteiger partial charge is 0.0962 e. The molecule has 2 rings (SSSR count). The van der Waals surface area contributed by atoms with Crippen LogP contribution in [0.1, 0.15) is 61.0 Å². The fourth-order valence-corrected chi connectivity index (χ4v) is 4.14. The predicted octanol–water partition coefficient (Wildman–Crippen LogP) is 3.72. The minimum Gasteiger partial charge on any atom is -0.315 e. The van der Waals surface area contributed by atoms with E-state index in [1.54, 1.807) is 0 Å². The number of hydrogen-bond acceptors (Lipinski definition) is 3. The van der Waals surface area contributed by atoms with E-state index in [0.717, 1.165) is 24.8 Å². The van der Waals surface area contributed by atoms with E-state index in [1.165, 1.54) is 41.3 Å². The van der Waals surface area contributed by atoms with Gasteiger partial charge in [-0.05, 0) is 38.6 Å². The summed E-state index contributed by atoms with van der Waals surface area (Å²) in [6, 6.07) is 0.